The van der Waals surface area contributed by atoms with Crippen LogP contribution in [-0.4, -0.2) is 4.86 Å². The van der Waals surface area contributed by atoms with Gasteiger partial charge in [0.15, 0.2) is 15.5 Å². The van der Waals surface area contributed by atoms with Crippen LogP contribution in [0, 0.1) is 0 Å². The molecule has 0 saturated carbocycles. The van der Waals surface area contributed by atoms with Crippen molar-refractivity contribution in [3.63, 3.8) is 0 Å². The normalized spacial score (nSPS) is 15.6. The van der Waals surface area contributed by atoms with Gasteiger partial charge in [-0.2, -0.15) is 0 Å². The fourth-order valence-corrected chi connectivity index (χ4v) is 7.27. The Kier molecular flexibility index (Phi) is 4.85. The second-order valence-electron chi connectivity index (χ2n) is 6.46. The van der Waals surface area contributed by atoms with Crippen LogP contribution >= 0.6 is 24.0 Å². The molecule has 1 heterocycles. The number of fused-ring (bicyclic) bond motifs is 2. The molecule has 5 rings (SSSR count). The number of allylic oxidation sites excluding steroid dienone is 3. The number of thiocarbonyl (C=S) groups is 1. The van der Waals surface area contributed by atoms with Crippen LogP contribution < -0.4 is 4.74 Å². The summed E-state index contributed by atoms with van der Waals surface area (Å²) in [5, 5.41) is 0. The Balaban J connectivity index is 1.63. The predicted molar refractivity (Wildman–Crippen MR) is 121 cm³/mol. The van der Waals surface area contributed by atoms with Crippen molar-refractivity contribution in [3.8, 4) is 5.75 Å². The lowest BCUT2D eigenvalue weighted by Crippen LogP contribution is -2.12. The maximum atomic E-state index is 6.33. The van der Waals surface area contributed by atoms with Gasteiger partial charge in [-0.25, -0.2) is 0 Å². The van der Waals surface area contributed by atoms with E-state index in [4.69, 9.17) is 17.0 Å². The van der Waals surface area contributed by atoms with Crippen molar-refractivity contribution in [1.29, 1.82) is 0 Å². The molecule has 0 fully saturated rings. The quantitative estimate of drug-likeness (QED) is 0.267. The molecule has 0 bridgehead atoms. The highest BCUT2D eigenvalue weighted by atomic mass is 32.2. The van der Waals surface area contributed by atoms with E-state index in [-0.39, 0.29) is 10.9 Å². The highest BCUT2D eigenvalue weighted by Crippen LogP contribution is 2.49. The predicted octanol–water partition coefficient (Wildman–Crippen LogP) is 6.84. The van der Waals surface area contributed by atoms with Crippen molar-refractivity contribution in [1.82, 2.24) is 0 Å². The van der Waals surface area contributed by atoms with Crippen molar-refractivity contribution < 1.29 is 4.74 Å². The van der Waals surface area contributed by atoms with Gasteiger partial charge in [-0.05, 0) is 54.6 Å². The average Bonchev–Trinajstić information content (AvgIpc) is 2.74. The Bertz CT molecular complexity index is 1080. The SMILES string of the molecule is S=C1C=CC(Oc2ccccc2[S+]2c3ccccc3Sc3ccccc32)=CC1. The zero-order chi connectivity index (χ0) is 18.9. The fourth-order valence-electron chi connectivity index (χ4n) is 3.30. The molecular formula is C24H17OS3+. The molecule has 0 spiro atoms. The first kappa shape index (κ1) is 17.8. The van der Waals surface area contributed by atoms with Gasteiger partial charge in [-0.3, -0.25) is 0 Å². The van der Waals surface area contributed by atoms with Crippen molar-refractivity contribution >= 4 is 39.7 Å². The molecule has 2 aliphatic rings. The summed E-state index contributed by atoms with van der Waals surface area (Å²) in [6.45, 7) is 0. The largest absolute Gasteiger partial charge is 0.452 e. The summed E-state index contributed by atoms with van der Waals surface area (Å²) in [7, 11) is -0.204. The monoisotopic (exact) mass is 417 g/mol. The van der Waals surface area contributed by atoms with Crippen LogP contribution in [0.5, 0.6) is 5.75 Å². The Morgan fingerprint density at radius 2 is 1.36 bits per heavy atom. The van der Waals surface area contributed by atoms with E-state index in [0.717, 1.165) is 22.8 Å². The molecule has 1 aliphatic carbocycles. The summed E-state index contributed by atoms with van der Waals surface area (Å²) in [5.41, 5.74) is 0. The number of benzene rings is 3. The molecule has 0 amide bonds. The lowest BCUT2D eigenvalue weighted by atomic mass is 10.2. The lowest BCUT2D eigenvalue weighted by Gasteiger charge is -2.20. The van der Waals surface area contributed by atoms with Crippen molar-refractivity contribution in [2.75, 3.05) is 0 Å². The maximum Gasteiger partial charge on any atom is 0.209 e. The van der Waals surface area contributed by atoms with Gasteiger partial charge in [-0.1, -0.05) is 60.4 Å². The average molecular weight is 418 g/mol. The zero-order valence-corrected chi connectivity index (χ0v) is 17.4. The minimum atomic E-state index is -0.204. The summed E-state index contributed by atoms with van der Waals surface area (Å²) in [6.07, 6.45) is 6.74. The van der Waals surface area contributed by atoms with E-state index in [9.17, 15) is 0 Å². The van der Waals surface area contributed by atoms with Gasteiger partial charge in [0.25, 0.3) is 0 Å². The van der Waals surface area contributed by atoms with Gasteiger partial charge in [0, 0.05) is 11.3 Å². The van der Waals surface area contributed by atoms with Crippen LogP contribution in [-0.2, 0) is 10.9 Å². The van der Waals surface area contributed by atoms with Crippen LogP contribution in [0.25, 0.3) is 0 Å². The summed E-state index contributed by atoms with van der Waals surface area (Å²) in [5.74, 6) is 1.77. The van der Waals surface area contributed by atoms with Crippen LogP contribution in [0.1, 0.15) is 6.42 Å². The molecule has 0 radical (unpaired) electrons. The lowest BCUT2D eigenvalue weighted by molar-refractivity contribution is 0.431. The van der Waals surface area contributed by atoms with Gasteiger partial charge in [-0.15, -0.1) is 0 Å². The number of ether oxygens (including phenoxy) is 1. The topological polar surface area (TPSA) is 9.23 Å². The first-order valence-corrected chi connectivity index (χ1v) is 11.5. The third-order valence-electron chi connectivity index (χ3n) is 4.59. The summed E-state index contributed by atoms with van der Waals surface area (Å²) < 4.78 is 6.33. The van der Waals surface area contributed by atoms with E-state index in [1.165, 1.54) is 24.5 Å². The molecule has 0 unspecified atom stereocenters. The van der Waals surface area contributed by atoms with E-state index in [1.807, 2.05) is 30.0 Å². The number of para-hydroxylation sites is 1. The van der Waals surface area contributed by atoms with Crippen molar-refractivity contribution in [2.24, 2.45) is 0 Å². The molecule has 136 valence electrons. The van der Waals surface area contributed by atoms with Gasteiger partial charge in [0.1, 0.15) is 16.7 Å². The van der Waals surface area contributed by atoms with Crippen molar-refractivity contribution in [3.05, 3.63) is 96.8 Å². The summed E-state index contributed by atoms with van der Waals surface area (Å²) in [6, 6.07) is 25.8. The molecular weight excluding hydrogens is 400 g/mol. The molecule has 1 nitrogen and oxygen atoms in total. The standard InChI is InChI=1S/C24H17OS3/c26-18-15-13-17(14-16-18)25-19-7-1-4-10-22(19)28-23-11-5-2-8-20(23)27-21-9-3-6-12-24(21)28/h1-15H,16H2/q+1. The van der Waals surface area contributed by atoms with Crippen LogP contribution in [0.15, 0.2) is 121 Å². The number of rotatable bonds is 3. The van der Waals surface area contributed by atoms with E-state index in [2.05, 4.69) is 72.8 Å². The summed E-state index contributed by atoms with van der Waals surface area (Å²) in [4.78, 5) is 7.51. The minimum Gasteiger partial charge on any atom is -0.452 e. The maximum absolute atomic E-state index is 6.33. The van der Waals surface area contributed by atoms with Gasteiger partial charge in [0.2, 0.25) is 4.90 Å². The zero-order valence-electron chi connectivity index (χ0n) is 15.0. The molecule has 0 atom stereocenters. The first-order chi connectivity index (χ1) is 13.8. The molecule has 3 aromatic carbocycles. The molecule has 0 N–H and O–H groups in total. The third kappa shape index (κ3) is 3.32. The van der Waals surface area contributed by atoms with E-state index >= 15 is 0 Å². The molecule has 28 heavy (non-hydrogen) atoms. The number of hydrogen-bond donors (Lipinski definition) is 0. The second-order valence-corrected chi connectivity index (χ2v) is 10.0. The smallest absolute Gasteiger partial charge is 0.209 e. The van der Waals surface area contributed by atoms with Gasteiger partial charge in [0.05, 0.1) is 9.79 Å². The van der Waals surface area contributed by atoms with Gasteiger partial charge < -0.3 is 4.74 Å². The van der Waals surface area contributed by atoms with Crippen LogP contribution in [0.3, 0.4) is 0 Å². The van der Waals surface area contributed by atoms with Crippen LogP contribution in [0.2, 0.25) is 0 Å². The minimum absolute atomic E-state index is 0.204. The number of hydrogen-bond acceptors (Lipinski definition) is 3. The molecule has 3 aromatic rings. The Morgan fingerprint density at radius 1 is 0.750 bits per heavy atom. The van der Waals surface area contributed by atoms with E-state index < -0.39 is 0 Å². The summed E-state index contributed by atoms with van der Waals surface area (Å²) >= 11 is 7.10. The van der Waals surface area contributed by atoms with E-state index in [0.29, 0.717) is 0 Å². The fraction of sp³-hybridized carbons (Fsp3) is 0.0417. The Labute approximate surface area is 177 Å². The third-order valence-corrected chi connectivity index (χ3v) is 8.67. The Morgan fingerprint density at radius 3 is 2.00 bits per heavy atom. The molecule has 0 saturated heterocycles. The first-order valence-electron chi connectivity index (χ1n) is 9.08. The highest BCUT2D eigenvalue weighted by Gasteiger charge is 2.39. The second kappa shape index (κ2) is 7.63. The van der Waals surface area contributed by atoms with Crippen molar-refractivity contribution in [2.45, 2.75) is 30.9 Å². The highest BCUT2D eigenvalue weighted by molar-refractivity contribution is 8.04. The molecule has 0 aromatic heterocycles. The van der Waals surface area contributed by atoms with Gasteiger partial charge >= 0.3 is 0 Å². The Hall–Kier alpha value is -2.27. The van der Waals surface area contributed by atoms with Crippen LogP contribution in [0.4, 0.5) is 0 Å². The van der Waals surface area contributed by atoms with E-state index in [1.54, 1.807) is 0 Å². The molecule has 1 aliphatic heterocycles. The molecule has 4 heteroatoms.